The number of hydrogen-bond acceptors (Lipinski definition) is 4. The van der Waals surface area contributed by atoms with E-state index < -0.39 is 15.7 Å². The predicted octanol–water partition coefficient (Wildman–Crippen LogP) is 3.29. The summed E-state index contributed by atoms with van der Waals surface area (Å²) < 4.78 is 43.8. The van der Waals surface area contributed by atoms with Gasteiger partial charge in [-0.1, -0.05) is 24.3 Å². The summed E-state index contributed by atoms with van der Waals surface area (Å²) in [6.45, 7) is 1.79. The van der Waals surface area contributed by atoms with Crippen LogP contribution < -0.4 is 10.1 Å². The predicted molar refractivity (Wildman–Crippen MR) is 127 cm³/mol. The third-order valence-electron chi connectivity index (χ3n) is 5.11. The number of benzene rings is 2. The van der Waals surface area contributed by atoms with Crippen molar-refractivity contribution in [3.63, 3.8) is 0 Å². The van der Waals surface area contributed by atoms with Gasteiger partial charge in [0.1, 0.15) is 16.5 Å². The zero-order chi connectivity index (χ0) is 20.9. The van der Waals surface area contributed by atoms with Crippen LogP contribution >= 0.6 is 24.0 Å². The Morgan fingerprint density at radius 1 is 1.23 bits per heavy atom. The van der Waals surface area contributed by atoms with Crippen molar-refractivity contribution in [2.45, 2.75) is 17.2 Å². The fourth-order valence-electron chi connectivity index (χ4n) is 3.54. The van der Waals surface area contributed by atoms with Crippen molar-refractivity contribution < 1.29 is 17.5 Å². The lowest BCUT2D eigenvalue weighted by Gasteiger charge is -2.22. The third kappa shape index (κ3) is 5.84. The number of guanidine groups is 1. The van der Waals surface area contributed by atoms with Gasteiger partial charge in [0.05, 0.1) is 12.9 Å². The van der Waals surface area contributed by atoms with Gasteiger partial charge in [0, 0.05) is 32.6 Å². The van der Waals surface area contributed by atoms with Gasteiger partial charge in [0.25, 0.3) is 0 Å². The molecule has 30 heavy (non-hydrogen) atoms. The molecule has 1 N–H and O–H groups in total. The van der Waals surface area contributed by atoms with Gasteiger partial charge in [-0.2, -0.15) is 0 Å². The Labute approximate surface area is 194 Å². The molecule has 164 valence electrons. The fraction of sp³-hybridized carbons (Fsp3) is 0.381. The number of halogens is 2. The smallest absolute Gasteiger partial charge is 0.193 e. The molecule has 0 amide bonds. The van der Waals surface area contributed by atoms with Crippen molar-refractivity contribution in [1.29, 1.82) is 0 Å². The molecule has 0 aliphatic carbocycles. The number of ether oxygens (including phenoxy) is 1. The average molecular weight is 547 g/mol. The van der Waals surface area contributed by atoms with E-state index in [9.17, 15) is 12.8 Å². The molecule has 1 saturated heterocycles. The van der Waals surface area contributed by atoms with E-state index in [-0.39, 0.29) is 41.2 Å². The number of rotatable bonds is 6. The highest BCUT2D eigenvalue weighted by atomic mass is 127. The van der Waals surface area contributed by atoms with E-state index in [1.54, 1.807) is 14.2 Å². The molecular formula is C21H27FIN3O3S. The van der Waals surface area contributed by atoms with Crippen LogP contribution in [0.3, 0.4) is 0 Å². The maximum absolute atomic E-state index is 13.8. The van der Waals surface area contributed by atoms with E-state index in [1.165, 1.54) is 23.8 Å². The van der Waals surface area contributed by atoms with Gasteiger partial charge in [-0.15, -0.1) is 24.0 Å². The Balaban J connectivity index is 0.00000320. The number of nitrogens with one attached hydrogen (secondary N) is 1. The lowest BCUT2D eigenvalue weighted by atomic mass is 9.98. The van der Waals surface area contributed by atoms with E-state index in [0.717, 1.165) is 31.3 Å². The van der Waals surface area contributed by atoms with Gasteiger partial charge in [-0.25, -0.2) is 12.8 Å². The zero-order valence-electron chi connectivity index (χ0n) is 17.0. The second-order valence-electron chi connectivity index (χ2n) is 6.93. The highest BCUT2D eigenvalue weighted by Gasteiger charge is 2.26. The summed E-state index contributed by atoms with van der Waals surface area (Å²) in [7, 11) is -0.379. The van der Waals surface area contributed by atoms with Gasteiger partial charge < -0.3 is 15.0 Å². The minimum atomic E-state index is -3.70. The van der Waals surface area contributed by atoms with Crippen LogP contribution in [0.2, 0.25) is 0 Å². The van der Waals surface area contributed by atoms with Crippen LogP contribution in [0.5, 0.6) is 5.75 Å². The number of likely N-dealkylation sites (tertiary alicyclic amines) is 1. The molecule has 1 atom stereocenters. The van der Waals surface area contributed by atoms with E-state index in [4.69, 9.17) is 4.74 Å². The highest BCUT2D eigenvalue weighted by molar-refractivity contribution is 14.0. The molecule has 1 fully saturated rings. The normalized spacial score (nSPS) is 16.8. The van der Waals surface area contributed by atoms with Gasteiger partial charge in [0.2, 0.25) is 0 Å². The van der Waals surface area contributed by atoms with E-state index >= 15 is 0 Å². The molecule has 0 saturated carbocycles. The average Bonchev–Trinajstić information content (AvgIpc) is 3.21. The highest BCUT2D eigenvalue weighted by Crippen LogP contribution is 2.28. The Kier molecular flexibility index (Phi) is 8.90. The molecule has 0 aromatic heterocycles. The third-order valence-corrected chi connectivity index (χ3v) is 6.86. The first kappa shape index (κ1) is 24.4. The number of sulfone groups is 1. The van der Waals surface area contributed by atoms with Gasteiger partial charge in [-0.05, 0) is 36.2 Å². The minimum absolute atomic E-state index is 0. The molecule has 2 aromatic carbocycles. The summed E-state index contributed by atoms with van der Waals surface area (Å²) >= 11 is 0. The maximum Gasteiger partial charge on any atom is 0.193 e. The first-order valence-corrected chi connectivity index (χ1v) is 11.2. The zero-order valence-corrected chi connectivity index (χ0v) is 20.2. The molecule has 1 aliphatic heterocycles. The van der Waals surface area contributed by atoms with Crippen molar-refractivity contribution >= 4 is 39.8 Å². The van der Waals surface area contributed by atoms with Crippen LogP contribution in [0.4, 0.5) is 4.39 Å². The molecule has 0 radical (unpaired) electrons. The van der Waals surface area contributed by atoms with E-state index in [0.29, 0.717) is 11.9 Å². The largest absolute Gasteiger partial charge is 0.497 e. The summed E-state index contributed by atoms with van der Waals surface area (Å²) in [5, 5.41) is 3.10. The molecule has 9 heteroatoms. The lowest BCUT2D eigenvalue weighted by molar-refractivity contribution is 0.414. The van der Waals surface area contributed by atoms with E-state index in [2.05, 4.69) is 27.3 Å². The Morgan fingerprint density at radius 2 is 1.93 bits per heavy atom. The SMILES string of the molecule is CN=C(NCCS(=O)(=O)c1ccccc1F)N1CCC(c2ccc(OC)cc2)C1.I. The van der Waals surface area contributed by atoms with Crippen LogP contribution in [0.1, 0.15) is 17.9 Å². The van der Waals surface area contributed by atoms with E-state index in [1.807, 2.05) is 12.1 Å². The van der Waals surface area contributed by atoms with Crippen LogP contribution in [0.15, 0.2) is 58.4 Å². The van der Waals surface area contributed by atoms with Crippen molar-refractivity contribution in [3.8, 4) is 5.75 Å². The van der Waals surface area contributed by atoms with Crippen molar-refractivity contribution in [3.05, 3.63) is 59.9 Å². The quantitative estimate of drug-likeness (QED) is 0.342. The van der Waals surface area contributed by atoms with Gasteiger partial charge in [-0.3, -0.25) is 4.99 Å². The first-order valence-electron chi connectivity index (χ1n) is 9.51. The van der Waals surface area contributed by atoms with Crippen molar-refractivity contribution in [2.75, 3.05) is 39.5 Å². The standard InChI is InChI=1S/C21H26FN3O3S.HI/c1-23-21(24-12-14-29(26,27)20-6-4-3-5-19(20)22)25-13-11-17(15-25)16-7-9-18(28-2)10-8-16;/h3-10,17H,11-15H2,1-2H3,(H,23,24);1H. The summed E-state index contributed by atoms with van der Waals surface area (Å²) in [6.07, 6.45) is 0.987. The molecule has 1 aliphatic rings. The first-order chi connectivity index (χ1) is 13.9. The van der Waals surface area contributed by atoms with Crippen molar-refractivity contribution in [2.24, 2.45) is 4.99 Å². The number of aliphatic imine (C=N–C) groups is 1. The molecular weight excluding hydrogens is 520 g/mol. The number of methoxy groups -OCH3 is 1. The molecule has 0 spiro atoms. The molecule has 2 aromatic rings. The fourth-order valence-corrected chi connectivity index (χ4v) is 4.78. The summed E-state index contributed by atoms with van der Waals surface area (Å²) in [5.74, 6) is 0.935. The molecule has 0 bridgehead atoms. The second kappa shape index (κ2) is 10.9. The van der Waals surface area contributed by atoms with Crippen molar-refractivity contribution in [1.82, 2.24) is 10.2 Å². The Bertz CT molecular complexity index is 968. The van der Waals surface area contributed by atoms with Gasteiger partial charge in [0.15, 0.2) is 15.8 Å². The monoisotopic (exact) mass is 547 g/mol. The summed E-state index contributed by atoms with van der Waals surface area (Å²) in [6, 6.07) is 13.5. The molecule has 1 heterocycles. The molecule has 1 unspecified atom stereocenters. The Hall–Kier alpha value is -1.88. The summed E-state index contributed by atoms with van der Waals surface area (Å²) in [5.41, 5.74) is 1.24. The number of nitrogens with zero attached hydrogens (tertiary/aromatic N) is 2. The number of hydrogen-bond donors (Lipinski definition) is 1. The topological polar surface area (TPSA) is 71.0 Å². The van der Waals surface area contributed by atoms with Crippen LogP contribution in [-0.2, 0) is 9.84 Å². The lowest BCUT2D eigenvalue weighted by Crippen LogP contribution is -2.41. The molecule has 6 nitrogen and oxygen atoms in total. The Morgan fingerprint density at radius 3 is 2.57 bits per heavy atom. The van der Waals surface area contributed by atoms with Crippen LogP contribution in [-0.4, -0.2) is 58.8 Å². The minimum Gasteiger partial charge on any atom is -0.497 e. The maximum atomic E-state index is 13.8. The summed E-state index contributed by atoms with van der Waals surface area (Å²) in [4.78, 5) is 6.13. The molecule has 3 rings (SSSR count). The van der Waals surface area contributed by atoms with Crippen LogP contribution in [0.25, 0.3) is 0 Å². The van der Waals surface area contributed by atoms with Crippen LogP contribution in [0, 0.1) is 5.82 Å². The van der Waals surface area contributed by atoms with Gasteiger partial charge >= 0.3 is 0 Å². The second-order valence-corrected chi connectivity index (χ2v) is 9.01.